The van der Waals surface area contributed by atoms with E-state index in [9.17, 15) is 9.59 Å². The topological polar surface area (TPSA) is 61.9 Å². The number of benzene rings is 1. The van der Waals surface area contributed by atoms with Gasteiger partial charge in [-0.2, -0.15) is 0 Å². The van der Waals surface area contributed by atoms with E-state index in [2.05, 4.69) is 5.32 Å². The number of amides is 2. The lowest BCUT2D eigenvalue weighted by molar-refractivity contribution is -0.137. The van der Waals surface area contributed by atoms with Crippen LogP contribution in [-0.4, -0.2) is 61.4 Å². The number of nitrogens with zero attached hydrogens (tertiary/aromatic N) is 2. The van der Waals surface area contributed by atoms with Gasteiger partial charge in [0.15, 0.2) is 0 Å². The number of carbonyl (C=O) groups excluding carboxylic acids is 2. The Balaban J connectivity index is 1.70. The standard InChI is InChI=1S/C16H23N3O3/c1-13(20)18-7-9-19(10-8-18)16(21)12-17-11-14-3-5-15(22-2)6-4-14/h3-6,17H,7-12H2,1-2H3. The summed E-state index contributed by atoms with van der Waals surface area (Å²) in [6.45, 7) is 4.99. The van der Waals surface area contributed by atoms with Crippen molar-refractivity contribution < 1.29 is 14.3 Å². The average molecular weight is 305 g/mol. The number of ether oxygens (including phenoxy) is 1. The predicted octanol–water partition coefficient (Wildman–Crippen LogP) is 0.476. The highest BCUT2D eigenvalue weighted by Gasteiger charge is 2.21. The van der Waals surface area contributed by atoms with Crippen molar-refractivity contribution in [3.63, 3.8) is 0 Å². The minimum absolute atomic E-state index is 0.0738. The van der Waals surface area contributed by atoms with E-state index in [1.54, 1.807) is 23.8 Å². The van der Waals surface area contributed by atoms with E-state index in [-0.39, 0.29) is 11.8 Å². The molecule has 6 heteroatoms. The van der Waals surface area contributed by atoms with Crippen molar-refractivity contribution in [3.05, 3.63) is 29.8 Å². The third kappa shape index (κ3) is 4.46. The van der Waals surface area contributed by atoms with Crippen molar-refractivity contribution in [1.29, 1.82) is 0 Å². The van der Waals surface area contributed by atoms with Gasteiger partial charge in [-0.3, -0.25) is 9.59 Å². The van der Waals surface area contributed by atoms with Crippen molar-refractivity contribution in [2.75, 3.05) is 39.8 Å². The molecule has 1 fully saturated rings. The van der Waals surface area contributed by atoms with Crippen LogP contribution in [0, 0.1) is 0 Å². The normalized spacial score (nSPS) is 14.8. The molecule has 1 aromatic carbocycles. The summed E-state index contributed by atoms with van der Waals surface area (Å²) >= 11 is 0. The van der Waals surface area contributed by atoms with Crippen LogP contribution in [0.25, 0.3) is 0 Å². The van der Waals surface area contributed by atoms with Gasteiger partial charge in [0, 0.05) is 39.6 Å². The molecule has 0 aromatic heterocycles. The SMILES string of the molecule is COc1ccc(CNCC(=O)N2CCN(C(C)=O)CC2)cc1. The van der Waals surface area contributed by atoms with Crippen LogP contribution in [0.2, 0.25) is 0 Å². The molecule has 0 radical (unpaired) electrons. The molecular weight excluding hydrogens is 282 g/mol. The maximum Gasteiger partial charge on any atom is 0.236 e. The van der Waals surface area contributed by atoms with E-state index in [0.717, 1.165) is 11.3 Å². The maximum atomic E-state index is 12.1. The number of piperazine rings is 1. The molecule has 0 saturated carbocycles. The fraction of sp³-hybridized carbons (Fsp3) is 0.500. The smallest absolute Gasteiger partial charge is 0.236 e. The van der Waals surface area contributed by atoms with Crippen molar-refractivity contribution in [2.45, 2.75) is 13.5 Å². The lowest BCUT2D eigenvalue weighted by Gasteiger charge is -2.34. The van der Waals surface area contributed by atoms with Crippen LogP contribution in [0.15, 0.2) is 24.3 Å². The Bertz CT molecular complexity index is 508. The van der Waals surface area contributed by atoms with E-state index in [1.165, 1.54) is 0 Å². The monoisotopic (exact) mass is 305 g/mol. The second-order valence-corrected chi connectivity index (χ2v) is 5.34. The van der Waals surface area contributed by atoms with Gasteiger partial charge in [-0.05, 0) is 17.7 Å². The Hall–Kier alpha value is -2.08. The molecule has 22 heavy (non-hydrogen) atoms. The molecule has 2 amide bonds. The average Bonchev–Trinajstić information content (AvgIpc) is 2.55. The minimum atomic E-state index is 0.0738. The first kappa shape index (κ1) is 16.3. The zero-order chi connectivity index (χ0) is 15.9. The molecule has 6 nitrogen and oxygen atoms in total. The van der Waals surface area contributed by atoms with Crippen LogP contribution < -0.4 is 10.1 Å². The molecule has 1 N–H and O–H groups in total. The summed E-state index contributed by atoms with van der Waals surface area (Å²) in [5.74, 6) is 0.976. The van der Waals surface area contributed by atoms with E-state index >= 15 is 0 Å². The van der Waals surface area contributed by atoms with Crippen molar-refractivity contribution in [1.82, 2.24) is 15.1 Å². The van der Waals surface area contributed by atoms with Gasteiger partial charge in [-0.15, -0.1) is 0 Å². The molecule has 1 saturated heterocycles. The minimum Gasteiger partial charge on any atom is -0.497 e. The maximum absolute atomic E-state index is 12.1. The Morgan fingerprint density at radius 3 is 2.23 bits per heavy atom. The number of nitrogens with one attached hydrogen (secondary N) is 1. The quantitative estimate of drug-likeness (QED) is 0.859. The molecule has 0 atom stereocenters. The lowest BCUT2D eigenvalue weighted by atomic mass is 10.2. The van der Waals surface area contributed by atoms with Crippen molar-refractivity contribution >= 4 is 11.8 Å². The van der Waals surface area contributed by atoms with Crippen molar-refractivity contribution in [3.8, 4) is 5.75 Å². The van der Waals surface area contributed by atoms with Gasteiger partial charge >= 0.3 is 0 Å². The van der Waals surface area contributed by atoms with Crippen LogP contribution >= 0.6 is 0 Å². The fourth-order valence-corrected chi connectivity index (χ4v) is 2.44. The third-order valence-corrected chi connectivity index (χ3v) is 3.84. The van der Waals surface area contributed by atoms with Gasteiger partial charge in [0.1, 0.15) is 5.75 Å². The van der Waals surface area contributed by atoms with E-state index in [0.29, 0.717) is 39.3 Å². The third-order valence-electron chi connectivity index (χ3n) is 3.84. The first-order chi connectivity index (χ1) is 10.6. The van der Waals surface area contributed by atoms with Crippen molar-refractivity contribution in [2.24, 2.45) is 0 Å². The lowest BCUT2D eigenvalue weighted by Crippen LogP contribution is -2.51. The van der Waals surface area contributed by atoms with Gasteiger partial charge in [0.25, 0.3) is 0 Å². The van der Waals surface area contributed by atoms with Crippen LogP contribution in [-0.2, 0) is 16.1 Å². The molecule has 120 valence electrons. The highest BCUT2D eigenvalue weighted by molar-refractivity contribution is 5.79. The molecular formula is C16H23N3O3. The molecule has 1 aliphatic heterocycles. The summed E-state index contributed by atoms with van der Waals surface area (Å²) in [5, 5.41) is 3.16. The summed E-state index contributed by atoms with van der Waals surface area (Å²) < 4.78 is 5.11. The molecule has 1 heterocycles. The van der Waals surface area contributed by atoms with E-state index in [1.807, 2.05) is 24.3 Å². The molecule has 0 bridgehead atoms. The number of methoxy groups -OCH3 is 1. The molecule has 1 aromatic rings. The summed E-state index contributed by atoms with van der Waals surface area (Å²) in [7, 11) is 1.64. The number of hydrogen-bond donors (Lipinski definition) is 1. The molecule has 0 aliphatic carbocycles. The zero-order valence-electron chi connectivity index (χ0n) is 13.2. The van der Waals surface area contributed by atoms with Gasteiger partial charge in [-0.1, -0.05) is 12.1 Å². The first-order valence-corrected chi connectivity index (χ1v) is 7.47. The first-order valence-electron chi connectivity index (χ1n) is 7.47. The highest BCUT2D eigenvalue weighted by Crippen LogP contribution is 2.10. The van der Waals surface area contributed by atoms with Crippen LogP contribution in [0.4, 0.5) is 0 Å². The van der Waals surface area contributed by atoms with Gasteiger partial charge < -0.3 is 19.9 Å². The van der Waals surface area contributed by atoms with Gasteiger partial charge in [-0.25, -0.2) is 0 Å². The number of carbonyl (C=O) groups is 2. The summed E-state index contributed by atoms with van der Waals surface area (Å²) in [6.07, 6.45) is 0. The van der Waals surface area contributed by atoms with E-state index < -0.39 is 0 Å². The summed E-state index contributed by atoms with van der Waals surface area (Å²) in [6, 6.07) is 7.75. The molecule has 0 spiro atoms. The Labute approximate surface area is 131 Å². The summed E-state index contributed by atoms with van der Waals surface area (Å²) in [4.78, 5) is 26.9. The number of rotatable bonds is 5. The second-order valence-electron chi connectivity index (χ2n) is 5.34. The summed E-state index contributed by atoms with van der Waals surface area (Å²) in [5.41, 5.74) is 1.11. The van der Waals surface area contributed by atoms with Gasteiger partial charge in [0.05, 0.1) is 13.7 Å². The Morgan fingerprint density at radius 1 is 1.09 bits per heavy atom. The molecule has 2 rings (SSSR count). The largest absolute Gasteiger partial charge is 0.497 e. The fourth-order valence-electron chi connectivity index (χ4n) is 2.44. The predicted molar refractivity (Wildman–Crippen MR) is 83.5 cm³/mol. The highest BCUT2D eigenvalue weighted by atomic mass is 16.5. The second kappa shape index (κ2) is 7.79. The van der Waals surface area contributed by atoms with Crippen LogP contribution in [0.5, 0.6) is 5.75 Å². The van der Waals surface area contributed by atoms with Crippen LogP contribution in [0.3, 0.4) is 0 Å². The van der Waals surface area contributed by atoms with Crippen LogP contribution in [0.1, 0.15) is 12.5 Å². The zero-order valence-corrected chi connectivity index (χ0v) is 13.2. The molecule has 0 unspecified atom stereocenters. The van der Waals surface area contributed by atoms with E-state index in [4.69, 9.17) is 4.74 Å². The Kier molecular flexibility index (Phi) is 5.77. The van der Waals surface area contributed by atoms with Gasteiger partial charge in [0.2, 0.25) is 11.8 Å². The molecule has 1 aliphatic rings. The Morgan fingerprint density at radius 2 is 1.68 bits per heavy atom. The number of hydrogen-bond acceptors (Lipinski definition) is 4.